The van der Waals surface area contributed by atoms with Gasteiger partial charge in [0.15, 0.2) is 5.82 Å². The fourth-order valence-electron chi connectivity index (χ4n) is 1.83. The van der Waals surface area contributed by atoms with E-state index in [-0.39, 0.29) is 18.3 Å². The number of benzene rings is 1. The number of nitrogens with one attached hydrogen (secondary N) is 1. The lowest BCUT2D eigenvalue weighted by molar-refractivity contribution is -0.120. The van der Waals surface area contributed by atoms with Crippen LogP contribution in [0.5, 0.6) is 0 Å². The zero-order valence-corrected chi connectivity index (χ0v) is 13.4. The summed E-state index contributed by atoms with van der Waals surface area (Å²) in [6.45, 7) is 2.86. The lowest BCUT2D eigenvalue weighted by Gasteiger charge is -2.20. The summed E-state index contributed by atoms with van der Waals surface area (Å²) < 4.78 is 4.85. The van der Waals surface area contributed by atoms with Gasteiger partial charge in [-0.1, -0.05) is 28.4 Å². The smallest absolute Gasteiger partial charge is 0.245 e. The maximum Gasteiger partial charge on any atom is 0.245 e. The summed E-state index contributed by atoms with van der Waals surface area (Å²) in [7, 11) is 0. The first-order chi connectivity index (χ1) is 10.3. The largest absolute Gasteiger partial charge is 0.360 e. The van der Waals surface area contributed by atoms with Crippen molar-refractivity contribution in [1.29, 1.82) is 0 Å². The van der Waals surface area contributed by atoms with E-state index in [9.17, 15) is 9.59 Å². The van der Waals surface area contributed by atoms with E-state index in [1.165, 1.54) is 11.8 Å². The van der Waals surface area contributed by atoms with Crippen molar-refractivity contribution in [3.05, 3.63) is 40.1 Å². The van der Waals surface area contributed by atoms with Gasteiger partial charge in [0, 0.05) is 28.7 Å². The Morgan fingerprint density at radius 2 is 1.86 bits per heavy atom. The third kappa shape index (κ3) is 4.22. The summed E-state index contributed by atoms with van der Waals surface area (Å²) in [6, 6.07) is 6.24. The van der Waals surface area contributed by atoms with Crippen molar-refractivity contribution in [2.75, 3.05) is 16.8 Å². The van der Waals surface area contributed by atoms with Gasteiger partial charge in [-0.05, 0) is 25.1 Å². The standard InChI is InChI=1S/C14H13Cl2N3O3/c1-8-3-13(18-22-8)17-14(21)7-19(9(2)20)12-5-10(15)4-11(16)6-12/h3-6H,7H2,1-2H3,(H,17,18,21). The minimum Gasteiger partial charge on any atom is -0.360 e. The van der Waals surface area contributed by atoms with Crippen molar-refractivity contribution in [2.24, 2.45) is 0 Å². The molecule has 2 rings (SSSR count). The monoisotopic (exact) mass is 341 g/mol. The summed E-state index contributed by atoms with van der Waals surface area (Å²) in [5.74, 6) is 0.125. The molecule has 1 aromatic carbocycles. The molecule has 0 atom stereocenters. The highest BCUT2D eigenvalue weighted by molar-refractivity contribution is 6.35. The number of amides is 2. The minimum absolute atomic E-state index is 0.197. The van der Waals surface area contributed by atoms with E-state index in [2.05, 4.69) is 10.5 Å². The fraction of sp³-hybridized carbons (Fsp3) is 0.214. The normalized spacial score (nSPS) is 10.4. The van der Waals surface area contributed by atoms with E-state index >= 15 is 0 Å². The van der Waals surface area contributed by atoms with Gasteiger partial charge in [0.1, 0.15) is 12.3 Å². The van der Waals surface area contributed by atoms with Crippen molar-refractivity contribution >= 4 is 46.5 Å². The molecular weight excluding hydrogens is 329 g/mol. The second-order valence-electron chi connectivity index (χ2n) is 4.60. The first kappa shape index (κ1) is 16.3. The van der Waals surface area contributed by atoms with Crippen LogP contribution in [0.15, 0.2) is 28.8 Å². The van der Waals surface area contributed by atoms with Crippen molar-refractivity contribution in [1.82, 2.24) is 5.16 Å². The molecular formula is C14H13Cl2N3O3. The molecule has 0 saturated carbocycles. The average molecular weight is 342 g/mol. The lowest BCUT2D eigenvalue weighted by atomic mass is 10.2. The zero-order chi connectivity index (χ0) is 16.3. The number of carbonyl (C=O) groups is 2. The van der Waals surface area contributed by atoms with E-state index in [4.69, 9.17) is 27.7 Å². The van der Waals surface area contributed by atoms with Crippen LogP contribution in [0.3, 0.4) is 0 Å². The molecule has 8 heteroatoms. The van der Waals surface area contributed by atoms with Gasteiger partial charge in [0.25, 0.3) is 0 Å². The number of aryl methyl sites for hydroxylation is 1. The predicted octanol–water partition coefficient (Wildman–Crippen LogP) is 3.28. The van der Waals surface area contributed by atoms with Gasteiger partial charge in [-0.3, -0.25) is 9.59 Å². The third-order valence-electron chi connectivity index (χ3n) is 2.74. The Morgan fingerprint density at radius 1 is 1.23 bits per heavy atom. The molecule has 0 saturated heterocycles. The number of aromatic nitrogens is 1. The molecule has 0 aliphatic carbocycles. The summed E-state index contributed by atoms with van der Waals surface area (Å²) in [5, 5.41) is 6.95. The quantitative estimate of drug-likeness (QED) is 0.925. The molecule has 0 fully saturated rings. The fourth-order valence-corrected chi connectivity index (χ4v) is 2.35. The first-order valence-corrected chi connectivity index (χ1v) is 7.08. The number of carbonyl (C=O) groups excluding carboxylic acids is 2. The van der Waals surface area contributed by atoms with Crippen molar-refractivity contribution in [3.8, 4) is 0 Å². The molecule has 0 aliphatic rings. The molecule has 1 heterocycles. The Balaban J connectivity index is 2.14. The molecule has 6 nitrogen and oxygen atoms in total. The average Bonchev–Trinajstić information content (AvgIpc) is 2.79. The van der Waals surface area contributed by atoms with Crippen LogP contribution in [0.4, 0.5) is 11.5 Å². The van der Waals surface area contributed by atoms with Gasteiger partial charge in [-0.25, -0.2) is 0 Å². The van der Waals surface area contributed by atoms with Crippen LogP contribution >= 0.6 is 23.2 Å². The Morgan fingerprint density at radius 3 is 2.36 bits per heavy atom. The van der Waals surface area contributed by atoms with E-state index in [0.29, 0.717) is 21.5 Å². The number of hydrogen-bond donors (Lipinski definition) is 1. The summed E-state index contributed by atoms with van der Waals surface area (Å²) in [4.78, 5) is 25.1. The van der Waals surface area contributed by atoms with Crippen LogP contribution in [-0.2, 0) is 9.59 Å². The molecule has 22 heavy (non-hydrogen) atoms. The van der Waals surface area contributed by atoms with Crippen LogP contribution in [0.2, 0.25) is 10.0 Å². The van der Waals surface area contributed by atoms with Gasteiger partial charge in [0.05, 0.1) is 0 Å². The van der Waals surface area contributed by atoms with Gasteiger partial charge in [-0.15, -0.1) is 0 Å². The predicted molar refractivity (Wildman–Crippen MR) is 84.4 cm³/mol. The van der Waals surface area contributed by atoms with Crippen molar-refractivity contribution < 1.29 is 14.1 Å². The number of hydrogen-bond acceptors (Lipinski definition) is 4. The highest BCUT2D eigenvalue weighted by atomic mass is 35.5. The van der Waals surface area contributed by atoms with E-state index in [0.717, 1.165) is 0 Å². The zero-order valence-electron chi connectivity index (χ0n) is 11.9. The molecule has 0 unspecified atom stereocenters. The molecule has 2 amide bonds. The van der Waals surface area contributed by atoms with Gasteiger partial charge >= 0.3 is 0 Å². The van der Waals surface area contributed by atoms with Crippen LogP contribution in [0, 0.1) is 6.92 Å². The Kier molecular flexibility index (Phi) is 5.05. The summed E-state index contributed by atoms with van der Waals surface area (Å²) in [6.07, 6.45) is 0. The SMILES string of the molecule is CC(=O)N(CC(=O)Nc1cc(C)on1)c1cc(Cl)cc(Cl)c1. The highest BCUT2D eigenvalue weighted by Crippen LogP contribution is 2.25. The molecule has 0 spiro atoms. The van der Waals surface area contributed by atoms with Crippen LogP contribution in [-0.4, -0.2) is 23.5 Å². The third-order valence-corrected chi connectivity index (χ3v) is 3.17. The van der Waals surface area contributed by atoms with Gasteiger partial charge < -0.3 is 14.7 Å². The molecule has 0 radical (unpaired) electrons. The topological polar surface area (TPSA) is 75.4 Å². The van der Waals surface area contributed by atoms with E-state index in [1.54, 1.807) is 31.2 Å². The summed E-state index contributed by atoms with van der Waals surface area (Å²) in [5.41, 5.74) is 0.441. The number of halogens is 2. The minimum atomic E-state index is -0.417. The molecule has 2 aromatic rings. The van der Waals surface area contributed by atoms with Crippen molar-refractivity contribution in [3.63, 3.8) is 0 Å². The molecule has 1 aromatic heterocycles. The van der Waals surface area contributed by atoms with Gasteiger partial charge in [-0.2, -0.15) is 0 Å². The second-order valence-corrected chi connectivity index (χ2v) is 5.48. The van der Waals surface area contributed by atoms with E-state index in [1.807, 2.05) is 0 Å². The van der Waals surface area contributed by atoms with Crippen LogP contribution in [0.25, 0.3) is 0 Å². The van der Waals surface area contributed by atoms with Crippen LogP contribution in [0.1, 0.15) is 12.7 Å². The lowest BCUT2D eigenvalue weighted by Crippen LogP contribution is -2.36. The van der Waals surface area contributed by atoms with Crippen molar-refractivity contribution in [2.45, 2.75) is 13.8 Å². The number of anilines is 2. The summed E-state index contributed by atoms with van der Waals surface area (Å²) >= 11 is 11.8. The highest BCUT2D eigenvalue weighted by Gasteiger charge is 2.17. The second kappa shape index (κ2) is 6.81. The molecule has 116 valence electrons. The Hall–Kier alpha value is -2.05. The first-order valence-electron chi connectivity index (χ1n) is 6.32. The van der Waals surface area contributed by atoms with Crippen LogP contribution < -0.4 is 10.2 Å². The maximum absolute atomic E-state index is 12.0. The maximum atomic E-state index is 12.0. The van der Waals surface area contributed by atoms with E-state index < -0.39 is 5.91 Å². The Labute approximate surface area is 137 Å². The molecule has 0 aliphatic heterocycles. The van der Waals surface area contributed by atoms with Gasteiger partial charge in [0.2, 0.25) is 11.8 Å². The molecule has 1 N–H and O–H groups in total. The number of nitrogens with zero attached hydrogens (tertiary/aromatic N) is 2. The Bertz CT molecular complexity index is 695. The molecule has 0 bridgehead atoms. The number of rotatable bonds is 4.